The van der Waals surface area contributed by atoms with E-state index < -0.39 is 0 Å². The molecule has 5 atom stereocenters. The molecule has 2 spiro atoms. The fourth-order valence-electron chi connectivity index (χ4n) is 14.0. The molecular weight excluding hydrogens is 723 g/mol. The normalized spacial score (nSPS) is 23.9. The van der Waals surface area contributed by atoms with Crippen molar-refractivity contribution in [2.45, 2.75) is 83.0 Å². The molecule has 0 aromatic heterocycles. The maximum Gasteiger partial charge on any atom is 0.0464 e. The first-order chi connectivity index (χ1) is 29.4. The van der Waals surface area contributed by atoms with Gasteiger partial charge in [0, 0.05) is 27.9 Å². The molecule has 0 heterocycles. The van der Waals surface area contributed by atoms with Crippen molar-refractivity contribution >= 4 is 17.1 Å². The van der Waals surface area contributed by atoms with Gasteiger partial charge in [0.15, 0.2) is 0 Å². The zero-order chi connectivity index (χ0) is 40.2. The van der Waals surface area contributed by atoms with Gasteiger partial charge in [0.25, 0.3) is 0 Å². The molecule has 60 heavy (non-hydrogen) atoms. The average Bonchev–Trinajstić information content (AvgIpc) is 3.96. The second-order valence-corrected chi connectivity index (χ2v) is 19.5. The first kappa shape index (κ1) is 36.2. The number of anilines is 3. The highest BCUT2D eigenvalue weighted by Gasteiger charge is 2.56. The summed E-state index contributed by atoms with van der Waals surface area (Å²) in [6.07, 6.45) is 10.6. The Labute approximate surface area is 357 Å². The van der Waals surface area contributed by atoms with E-state index in [1.807, 2.05) is 0 Å². The number of hydrogen-bond acceptors (Lipinski definition) is 1. The summed E-state index contributed by atoms with van der Waals surface area (Å²) in [4.78, 5) is 2.42. The Hall–Kier alpha value is -5.66. The molecule has 3 saturated carbocycles. The number of rotatable bonds is 5. The summed E-state index contributed by atoms with van der Waals surface area (Å²) in [6, 6.07) is 60.7. The molecule has 0 saturated heterocycles. The minimum Gasteiger partial charge on any atom is -0.310 e. The predicted molar refractivity (Wildman–Crippen MR) is 251 cm³/mol. The summed E-state index contributed by atoms with van der Waals surface area (Å²) in [5.74, 6) is 3.01. The summed E-state index contributed by atoms with van der Waals surface area (Å²) >= 11 is 0. The van der Waals surface area contributed by atoms with E-state index in [9.17, 15) is 0 Å². The number of aryl methyl sites for hydroxylation is 1. The first-order valence-corrected chi connectivity index (χ1v) is 23.0. The summed E-state index contributed by atoms with van der Waals surface area (Å²) in [5, 5.41) is 0. The molecule has 5 unspecified atom stereocenters. The molecule has 0 N–H and O–H groups in total. The monoisotopic (exact) mass is 777 g/mol. The fraction of sp³-hybridized carbons (Fsp3) is 0.288. The third kappa shape index (κ3) is 5.23. The van der Waals surface area contributed by atoms with E-state index in [1.165, 1.54) is 113 Å². The van der Waals surface area contributed by atoms with E-state index in [-0.39, 0.29) is 10.8 Å². The quantitative estimate of drug-likeness (QED) is 0.168. The van der Waals surface area contributed by atoms with Crippen LogP contribution in [0.15, 0.2) is 158 Å². The third-order valence-corrected chi connectivity index (χ3v) is 16.3. The minimum atomic E-state index is 0.101. The molecule has 5 aliphatic rings. The Morgan fingerprint density at radius 1 is 0.450 bits per heavy atom. The van der Waals surface area contributed by atoms with Gasteiger partial charge in [-0.15, -0.1) is 0 Å². The number of para-hydroxylation sites is 1. The van der Waals surface area contributed by atoms with Crippen molar-refractivity contribution in [1.82, 2.24) is 0 Å². The van der Waals surface area contributed by atoms with Crippen LogP contribution in [0, 0.1) is 30.6 Å². The van der Waals surface area contributed by atoms with Gasteiger partial charge in [0.2, 0.25) is 0 Å². The second-order valence-electron chi connectivity index (χ2n) is 19.5. The van der Waals surface area contributed by atoms with Gasteiger partial charge >= 0.3 is 0 Å². The Balaban J connectivity index is 0.898. The summed E-state index contributed by atoms with van der Waals surface area (Å²) in [6.45, 7) is 7.37. The molecule has 0 aliphatic heterocycles. The van der Waals surface area contributed by atoms with E-state index in [2.05, 4.69) is 183 Å². The van der Waals surface area contributed by atoms with Crippen LogP contribution in [0.25, 0.3) is 44.5 Å². The van der Waals surface area contributed by atoms with Crippen molar-refractivity contribution in [2.24, 2.45) is 23.7 Å². The van der Waals surface area contributed by atoms with Gasteiger partial charge < -0.3 is 4.90 Å². The number of fused-ring (bicyclic) bond motifs is 13. The van der Waals surface area contributed by atoms with Crippen LogP contribution in [0.4, 0.5) is 17.1 Å². The second kappa shape index (κ2) is 13.7. The Bertz CT molecular complexity index is 2780. The van der Waals surface area contributed by atoms with E-state index in [0.29, 0.717) is 11.8 Å². The van der Waals surface area contributed by atoms with Crippen LogP contribution in [0.1, 0.15) is 93.0 Å². The summed E-state index contributed by atoms with van der Waals surface area (Å²) < 4.78 is 0. The lowest BCUT2D eigenvalue weighted by Crippen LogP contribution is -2.49. The maximum absolute atomic E-state index is 2.60. The van der Waals surface area contributed by atoms with Crippen LogP contribution in [-0.2, 0) is 10.8 Å². The Morgan fingerprint density at radius 3 is 1.85 bits per heavy atom. The van der Waals surface area contributed by atoms with E-state index >= 15 is 0 Å². The highest BCUT2D eigenvalue weighted by Crippen LogP contribution is 2.65. The summed E-state index contributed by atoms with van der Waals surface area (Å²) in [5.41, 5.74) is 22.4. The minimum absolute atomic E-state index is 0.101. The lowest BCUT2D eigenvalue weighted by atomic mass is 9.49. The average molecular weight is 778 g/mol. The molecule has 7 aromatic carbocycles. The molecule has 0 radical (unpaired) electrons. The largest absolute Gasteiger partial charge is 0.310 e. The predicted octanol–water partition coefficient (Wildman–Crippen LogP) is 16.0. The molecule has 0 amide bonds. The van der Waals surface area contributed by atoms with Crippen LogP contribution >= 0.6 is 0 Å². The molecule has 1 nitrogen and oxygen atoms in total. The Kier molecular flexibility index (Phi) is 8.26. The molecule has 1 heteroatoms. The summed E-state index contributed by atoms with van der Waals surface area (Å²) in [7, 11) is 0. The van der Waals surface area contributed by atoms with Crippen molar-refractivity contribution in [1.29, 1.82) is 0 Å². The topological polar surface area (TPSA) is 3.24 Å². The van der Waals surface area contributed by atoms with Gasteiger partial charge in [0.1, 0.15) is 0 Å². The van der Waals surface area contributed by atoms with Gasteiger partial charge in [0.05, 0.1) is 0 Å². The molecular formula is C59H55N. The molecule has 5 aliphatic carbocycles. The lowest BCUT2D eigenvalue weighted by molar-refractivity contribution is 0.0426. The van der Waals surface area contributed by atoms with Gasteiger partial charge in [-0.3, -0.25) is 0 Å². The van der Waals surface area contributed by atoms with Crippen molar-refractivity contribution in [3.05, 3.63) is 186 Å². The van der Waals surface area contributed by atoms with E-state index in [4.69, 9.17) is 0 Å². The van der Waals surface area contributed by atoms with Gasteiger partial charge in [-0.2, -0.15) is 0 Å². The lowest BCUT2D eigenvalue weighted by Gasteiger charge is -2.54. The van der Waals surface area contributed by atoms with Crippen LogP contribution in [0.3, 0.4) is 0 Å². The molecule has 2 bridgehead atoms. The van der Waals surface area contributed by atoms with Gasteiger partial charge in [-0.1, -0.05) is 136 Å². The first-order valence-electron chi connectivity index (χ1n) is 23.0. The van der Waals surface area contributed by atoms with E-state index in [1.54, 1.807) is 22.3 Å². The third-order valence-electron chi connectivity index (χ3n) is 16.3. The highest BCUT2D eigenvalue weighted by atomic mass is 15.1. The molecule has 7 aromatic rings. The van der Waals surface area contributed by atoms with Crippen LogP contribution in [-0.4, -0.2) is 0 Å². The molecule has 3 fully saturated rings. The van der Waals surface area contributed by atoms with E-state index in [0.717, 1.165) is 17.5 Å². The maximum atomic E-state index is 2.60. The van der Waals surface area contributed by atoms with Crippen molar-refractivity contribution in [2.75, 3.05) is 4.90 Å². The standard InChI is InChI=1S/C59H55N/c1-38-31-41-34-40(3)59(45(32-38)35-41)56-18-10-8-15-50(56)52-26-21-43(37-57(52)59)42-19-23-47(24-20-42)60(46-13-5-4-6-14-46)48-25-27-49(39(2)33-48)44-22-28-55-53(36-44)51-16-7-9-17-54(51)58(55)29-11-12-30-58/h4-10,13-28,33,36-38,40-41,45H,11-12,29-32,34-35H2,1-3H3. The zero-order valence-electron chi connectivity index (χ0n) is 35.4. The Morgan fingerprint density at radius 2 is 1.07 bits per heavy atom. The van der Waals surface area contributed by atoms with Crippen LogP contribution in [0.5, 0.6) is 0 Å². The van der Waals surface area contributed by atoms with Crippen molar-refractivity contribution < 1.29 is 0 Å². The fourth-order valence-corrected chi connectivity index (χ4v) is 14.0. The van der Waals surface area contributed by atoms with Crippen LogP contribution in [0.2, 0.25) is 0 Å². The molecule has 296 valence electrons. The number of nitrogens with zero attached hydrogens (tertiary/aromatic N) is 1. The van der Waals surface area contributed by atoms with Crippen molar-refractivity contribution in [3.8, 4) is 44.5 Å². The van der Waals surface area contributed by atoms with Gasteiger partial charge in [-0.25, -0.2) is 0 Å². The highest BCUT2D eigenvalue weighted by molar-refractivity contribution is 5.88. The van der Waals surface area contributed by atoms with Crippen LogP contribution < -0.4 is 4.90 Å². The number of hydrogen-bond donors (Lipinski definition) is 0. The SMILES string of the molecule is Cc1cc(N(c2ccccc2)c2ccc(-c3ccc4c(c3)C3(c5ccccc5-4)C(C)CC4CC(C)CC3C4)cc2)ccc1-c1ccc2c(c1)-c1ccccc1C21CCCC1. The van der Waals surface area contributed by atoms with Crippen molar-refractivity contribution in [3.63, 3.8) is 0 Å². The van der Waals surface area contributed by atoms with Gasteiger partial charge in [-0.05, 0) is 190 Å². The molecule has 12 rings (SSSR count). The zero-order valence-corrected chi connectivity index (χ0v) is 35.4. The number of benzene rings is 7. The smallest absolute Gasteiger partial charge is 0.0464 e.